The van der Waals surface area contributed by atoms with E-state index < -0.39 is 0 Å². The van der Waals surface area contributed by atoms with Crippen LogP contribution in [0, 0.1) is 27.7 Å². The van der Waals surface area contributed by atoms with Crippen molar-refractivity contribution in [2.75, 3.05) is 0 Å². The maximum Gasteiger partial charge on any atom is -0.0124 e. The van der Waals surface area contributed by atoms with Crippen LogP contribution in [0.2, 0.25) is 0 Å². The molecule has 3 rings (SSSR count). The van der Waals surface area contributed by atoms with E-state index in [9.17, 15) is 0 Å². The first-order valence-electron chi connectivity index (χ1n) is 8.38. The van der Waals surface area contributed by atoms with E-state index in [0.29, 0.717) is 5.92 Å². The number of hydrogen-bond acceptors (Lipinski definition) is 0. The van der Waals surface area contributed by atoms with Crippen molar-refractivity contribution in [3.8, 4) is 0 Å². The van der Waals surface area contributed by atoms with E-state index in [2.05, 4.69) is 70.2 Å². The van der Waals surface area contributed by atoms with E-state index in [1.54, 1.807) is 0 Å². The average Bonchev–Trinajstić information content (AvgIpc) is 2.53. The van der Waals surface area contributed by atoms with Gasteiger partial charge in [0.25, 0.3) is 0 Å². The Balaban J connectivity index is 1.79. The van der Waals surface area contributed by atoms with Gasteiger partial charge in [-0.15, -0.1) is 0 Å². The Kier molecular flexibility index (Phi) is 4.20. The molecular formula is C22H26. The molecular weight excluding hydrogens is 264 g/mol. The number of rotatable bonds is 2. The van der Waals surface area contributed by atoms with Crippen LogP contribution in [0.4, 0.5) is 0 Å². The third-order valence-corrected chi connectivity index (χ3v) is 5.29. The molecule has 0 radical (unpaired) electrons. The van der Waals surface area contributed by atoms with Crippen molar-refractivity contribution in [2.24, 2.45) is 0 Å². The van der Waals surface area contributed by atoms with Crippen LogP contribution in [0.5, 0.6) is 0 Å². The maximum atomic E-state index is 2.47. The summed E-state index contributed by atoms with van der Waals surface area (Å²) in [6.45, 7) is 8.81. The summed E-state index contributed by atoms with van der Waals surface area (Å²) in [6, 6.07) is 13.9. The number of aryl methyl sites for hydroxylation is 4. The van der Waals surface area contributed by atoms with Crippen molar-refractivity contribution in [1.82, 2.24) is 0 Å². The van der Waals surface area contributed by atoms with Gasteiger partial charge in [0.1, 0.15) is 0 Å². The van der Waals surface area contributed by atoms with Crippen LogP contribution in [-0.4, -0.2) is 0 Å². The molecule has 0 N–H and O–H groups in total. The van der Waals surface area contributed by atoms with Crippen LogP contribution in [0.25, 0.3) is 5.57 Å². The second-order valence-corrected chi connectivity index (χ2v) is 6.84. The van der Waals surface area contributed by atoms with E-state index in [1.165, 1.54) is 58.2 Å². The van der Waals surface area contributed by atoms with E-state index in [-0.39, 0.29) is 0 Å². The number of benzene rings is 2. The highest BCUT2D eigenvalue weighted by molar-refractivity contribution is 5.67. The van der Waals surface area contributed by atoms with Gasteiger partial charge in [0.15, 0.2) is 0 Å². The van der Waals surface area contributed by atoms with Crippen molar-refractivity contribution in [2.45, 2.75) is 52.9 Å². The van der Waals surface area contributed by atoms with Crippen LogP contribution < -0.4 is 0 Å². The number of hydrogen-bond donors (Lipinski definition) is 0. The first-order valence-corrected chi connectivity index (χ1v) is 8.38. The summed E-state index contributed by atoms with van der Waals surface area (Å²) in [5.41, 5.74) is 10.1. The summed E-state index contributed by atoms with van der Waals surface area (Å²) in [7, 11) is 0. The minimum absolute atomic E-state index is 0.689. The number of allylic oxidation sites excluding steroid dienone is 2. The molecule has 0 saturated carbocycles. The molecule has 1 aliphatic carbocycles. The molecule has 0 saturated heterocycles. The molecule has 0 heterocycles. The Bertz CT molecular complexity index is 719. The molecule has 0 fully saturated rings. The molecule has 2 aromatic carbocycles. The Morgan fingerprint density at radius 2 is 1.45 bits per heavy atom. The zero-order valence-electron chi connectivity index (χ0n) is 14.2. The topological polar surface area (TPSA) is 0 Å². The van der Waals surface area contributed by atoms with E-state index >= 15 is 0 Å². The largest absolute Gasteiger partial charge is 0.0801 e. The van der Waals surface area contributed by atoms with E-state index in [0.717, 1.165) is 0 Å². The van der Waals surface area contributed by atoms with Gasteiger partial charge in [0.05, 0.1) is 0 Å². The van der Waals surface area contributed by atoms with Gasteiger partial charge < -0.3 is 0 Å². The summed E-state index contributed by atoms with van der Waals surface area (Å²) in [5.74, 6) is 0.689. The standard InChI is InChI=1S/C22H26/c1-15-5-7-21(13-17(15)3)19-9-11-20(12-10-19)22-8-6-16(2)18(4)14-22/h5-9,13-14,20H,10-12H2,1-4H3. The van der Waals surface area contributed by atoms with Crippen molar-refractivity contribution in [3.63, 3.8) is 0 Å². The van der Waals surface area contributed by atoms with Gasteiger partial charge >= 0.3 is 0 Å². The third kappa shape index (κ3) is 3.02. The highest BCUT2D eigenvalue weighted by atomic mass is 14.2. The predicted octanol–water partition coefficient (Wildman–Crippen LogP) is 6.27. The molecule has 1 atom stereocenters. The van der Waals surface area contributed by atoms with Crippen molar-refractivity contribution < 1.29 is 0 Å². The van der Waals surface area contributed by atoms with Crippen LogP contribution in [-0.2, 0) is 0 Å². The van der Waals surface area contributed by atoms with E-state index in [4.69, 9.17) is 0 Å². The summed E-state index contributed by atoms with van der Waals surface area (Å²) in [4.78, 5) is 0. The molecule has 22 heavy (non-hydrogen) atoms. The normalized spacial score (nSPS) is 18.2. The van der Waals surface area contributed by atoms with E-state index in [1.807, 2.05) is 0 Å². The Morgan fingerprint density at radius 3 is 2.05 bits per heavy atom. The minimum atomic E-state index is 0.689. The van der Waals surface area contributed by atoms with Gasteiger partial charge in [0.2, 0.25) is 0 Å². The van der Waals surface area contributed by atoms with Crippen molar-refractivity contribution in [3.05, 3.63) is 75.9 Å². The molecule has 0 aromatic heterocycles. The molecule has 0 bridgehead atoms. The molecule has 2 aromatic rings. The van der Waals surface area contributed by atoms with Crippen LogP contribution in [0.15, 0.2) is 42.5 Å². The summed E-state index contributed by atoms with van der Waals surface area (Å²) in [5, 5.41) is 0. The van der Waals surface area contributed by atoms with Gasteiger partial charge in [-0.3, -0.25) is 0 Å². The molecule has 0 heteroatoms. The first kappa shape index (κ1) is 15.1. The monoisotopic (exact) mass is 290 g/mol. The Labute approximate surface area is 134 Å². The van der Waals surface area contributed by atoms with Crippen LogP contribution in [0.3, 0.4) is 0 Å². The lowest BCUT2D eigenvalue weighted by atomic mass is 9.81. The third-order valence-electron chi connectivity index (χ3n) is 5.29. The van der Waals surface area contributed by atoms with Crippen molar-refractivity contribution >= 4 is 5.57 Å². The van der Waals surface area contributed by atoms with Crippen LogP contribution in [0.1, 0.15) is 58.6 Å². The first-order chi connectivity index (χ1) is 10.5. The molecule has 114 valence electrons. The zero-order valence-corrected chi connectivity index (χ0v) is 14.2. The molecule has 0 amide bonds. The van der Waals surface area contributed by atoms with Crippen molar-refractivity contribution in [1.29, 1.82) is 0 Å². The summed E-state index contributed by atoms with van der Waals surface area (Å²) >= 11 is 0. The van der Waals surface area contributed by atoms with Gasteiger partial charge in [-0.2, -0.15) is 0 Å². The molecule has 1 unspecified atom stereocenters. The summed E-state index contributed by atoms with van der Waals surface area (Å²) in [6.07, 6.45) is 6.10. The molecule has 0 spiro atoms. The Hall–Kier alpha value is -1.82. The summed E-state index contributed by atoms with van der Waals surface area (Å²) < 4.78 is 0. The molecule has 1 aliphatic rings. The molecule has 0 aliphatic heterocycles. The smallest absolute Gasteiger partial charge is 0.0124 e. The lowest BCUT2D eigenvalue weighted by Crippen LogP contribution is -2.05. The highest BCUT2D eigenvalue weighted by Gasteiger charge is 2.17. The fourth-order valence-corrected chi connectivity index (χ4v) is 3.36. The molecule has 0 nitrogen and oxygen atoms in total. The quantitative estimate of drug-likeness (QED) is 0.611. The minimum Gasteiger partial charge on any atom is -0.0801 e. The fraction of sp³-hybridized carbons (Fsp3) is 0.364. The van der Waals surface area contributed by atoms with Gasteiger partial charge in [-0.1, -0.05) is 42.5 Å². The Morgan fingerprint density at radius 1 is 0.773 bits per heavy atom. The van der Waals surface area contributed by atoms with Gasteiger partial charge in [-0.25, -0.2) is 0 Å². The lowest BCUT2D eigenvalue weighted by molar-refractivity contribution is 0.625. The van der Waals surface area contributed by atoms with Crippen LogP contribution >= 0.6 is 0 Å². The fourth-order valence-electron chi connectivity index (χ4n) is 3.36. The second kappa shape index (κ2) is 6.12. The zero-order chi connectivity index (χ0) is 15.7. The lowest BCUT2D eigenvalue weighted by Gasteiger charge is -2.23. The average molecular weight is 290 g/mol. The second-order valence-electron chi connectivity index (χ2n) is 6.84. The highest BCUT2D eigenvalue weighted by Crippen LogP contribution is 2.36. The predicted molar refractivity (Wildman–Crippen MR) is 96.4 cm³/mol. The van der Waals surface area contributed by atoms with Gasteiger partial charge in [0, 0.05) is 0 Å². The maximum absolute atomic E-state index is 2.47. The van der Waals surface area contributed by atoms with Gasteiger partial charge in [-0.05, 0) is 91.8 Å². The SMILES string of the molecule is Cc1ccc(C2=CCC(c3ccc(C)c(C)c3)CC2)cc1C.